The third kappa shape index (κ3) is 2.05. The molecule has 0 saturated carbocycles. The SMILES string of the molecule is Cc1ccc2oc(=O)c(C3C=CCCC3)c(O)c2c1. The Balaban J connectivity index is 2.26. The van der Waals surface area contributed by atoms with Crippen molar-refractivity contribution in [2.45, 2.75) is 32.1 Å². The van der Waals surface area contributed by atoms with Gasteiger partial charge in [0.2, 0.25) is 0 Å². The summed E-state index contributed by atoms with van der Waals surface area (Å²) in [7, 11) is 0. The Morgan fingerprint density at radius 1 is 1.37 bits per heavy atom. The quantitative estimate of drug-likeness (QED) is 0.626. The van der Waals surface area contributed by atoms with Crippen molar-refractivity contribution < 1.29 is 9.52 Å². The molecule has 1 aliphatic carbocycles. The molecule has 3 nitrogen and oxygen atoms in total. The minimum atomic E-state index is -0.426. The van der Waals surface area contributed by atoms with E-state index in [4.69, 9.17) is 4.42 Å². The highest BCUT2D eigenvalue weighted by atomic mass is 16.4. The fourth-order valence-corrected chi connectivity index (χ4v) is 2.69. The number of hydrogen-bond donors (Lipinski definition) is 1. The second-order valence-electron chi connectivity index (χ2n) is 5.12. The molecule has 19 heavy (non-hydrogen) atoms. The van der Waals surface area contributed by atoms with Gasteiger partial charge in [0.25, 0.3) is 0 Å². The number of rotatable bonds is 1. The summed E-state index contributed by atoms with van der Waals surface area (Å²) in [5.74, 6) is 0.0430. The average molecular weight is 256 g/mol. The summed E-state index contributed by atoms with van der Waals surface area (Å²) in [5.41, 5.74) is 1.44. The van der Waals surface area contributed by atoms with Gasteiger partial charge in [-0.1, -0.05) is 23.8 Å². The van der Waals surface area contributed by atoms with Crippen molar-refractivity contribution in [3.63, 3.8) is 0 Å². The lowest BCUT2D eigenvalue weighted by Crippen LogP contribution is -2.13. The van der Waals surface area contributed by atoms with E-state index in [0.29, 0.717) is 16.5 Å². The molecule has 1 unspecified atom stereocenters. The van der Waals surface area contributed by atoms with Crippen LogP contribution >= 0.6 is 0 Å². The van der Waals surface area contributed by atoms with Crippen LogP contribution in [0.15, 0.2) is 39.6 Å². The summed E-state index contributed by atoms with van der Waals surface area (Å²) in [6, 6.07) is 5.45. The molecule has 1 atom stereocenters. The fraction of sp³-hybridized carbons (Fsp3) is 0.312. The molecule has 2 aromatic rings. The predicted molar refractivity (Wildman–Crippen MR) is 74.6 cm³/mol. The summed E-state index contributed by atoms with van der Waals surface area (Å²) >= 11 is 0. The summed E-state index contributed by atoms with van der Waals surface area (Å²) < 4.78 is 5.33. The molecule has 1 N–H and O–H groups in total. The highest BCUT2D eigenvalue weighted by Crippen LogP contribution is 2.35. The first kappa shape index (κ1) is 12.0. The summed E-state index contributed by atoms with van der Waals surface area (Å²) in [5, 5.41) is 11.0. The Kier molecular flexibility index (Phi) is 2.90. The Bertz CT molecular complexity index is 710. The van der Waals surface area contributed by atoms with Gasteiger partial charge in [0.05, 0.1) is 10.9 Å². The normalized spacial score (nSPS) is 18.9. The van der Waals surface area contributed by atoms with E-state index in [1.54, 1.807) is 6.07 Å². The van der Waals surface area contributed by atoms with Crippen LogP contribution in [-0.2, 0) is 0 Å². The van der Waals surface area contributed by atoms with E-state index >= 15 is 0 Å². The van der Waals surface area contributed by atoms with Crippen LogP contribution in [0.25, 0.3) is 11.0 Å². The zero-order valence-electron chi connectivity index (χ0n) is 10.8. The Morgan fingerprint density at radius 3 is 2.95 bits per heavy atom. The van der Waals surface area contributed by atoms with E-state index in [1.807, 2.05) is 25.1 Å². The van der Waals surface area contributed by atoms with Crippen molar-refractivity contribution in [1.82, 2.24) is 0 Å². The Hall–Kier alpha value is -2.03. The van der Waals surface area contributed by atoms with Crippen molar-refractivity contribution in [3.8, 4) is 5.75 Å². The molecule has 1 aliphatic rings. The van der Waals surface area contributed by atoms with Crippen molar-refractivity contribution >= 4 is 11.0 Å². The highest BCUT2D eigenvalue weighted by Gasteiger charge is 2.22. The molecule has 0 amide bonds. The maximum atomic E-state index is 12.1. The van der Waals surface area contributed by atoms with E-state index in [9.17, 15) is 9.90 Å². The van der Waals surface area contributed by atoms with Gasteiger partial charge in [-0.05, 0) is 38.3 Å². The van der Waals surface area contributed by atoms with Gasteiger partial charge < -0.3 is 9.52 Å². The van der Waals surface area contributed by atoms with Crippen molar-refractivity contribution in [3.05, 3.63) is 51.9 Å². The molecule has 3 heteroatoms. The number of benzene rings is 1. The van der Waals surface area contributed by atoms with Gasteiger partial charge in [-0.3, -0.25) is 0 Å². The average Bonchev–Trinajstić information content (AvgIpc) is 2.41. The van der Waals surface area contributed by atoms with E-state index in [2.05, 4.69) is 6.08 Å². The number of hydrogen-bond acceptors (Lipinski definition) is 3. The molecule has 0 radical (unpaired) electrons. The van der Waals surface area contributed by atoms with Crippen LogP contribution in [0, 0.1) is 6.92 Å². The largest absolute Gasteiger partial charge is 0.507 e. The molecule has 1 heterocycles. The molecular formula is C16H16O3. The van der Waals surface area contributed by atoms with E-state index in [0.717, 1.165) is 24.8 Å². The van der Waals surface area contributed by atoms with Crippen LogP contribution in [0.2, 0.25) is 0 Å². The minimum Gasteiger partial charge on any atom is -0.507 e. The van der Waals surface area contributed by atoms with Crippen LogP contribution < -0.4 is 5.63 Å². The molecule has 0 saturated heterocycles. The number of fused-ring (bicyclic) bond motifs is 1. The highest BCUT2D eigenvalue weighted by molar-refractivity contribution is 5.85. The van der Waals surface area contributed by atoms with Gasteiger partial charge in [-0.2, -0.15) is 0 Å². The zero-order valence-corrected chi connectivity index (χ0v) is 10.8. The van der Waals surface area contributed by atoms with Gasteiger partial charge in [0.1, 0.15) is 11.3 Å². The van der Waals surface area contributed by atoms with E-state index in [-0.39, 0.29) is 11.7 Å². The molecule has 1 aromatic heterocycles. The number of allylic oxidation sites excluding steroid dienone is 2. The number of aryl methyl sites for hydroxylation is 1. The minimum absolute atomic E-state index is 0.0325. The topological polar surface area (TPSA) is 50.4 Å². The molecule has 0 bridgehead atoms. The molecule has 0 aliphatic heterocycles. The van der Waals surface area contributed by atoms with Gasteiger partial charge >= 0.3 is 5.63 Å². The lowest BCUT2D eigenvalue weighted by atomic mass is 9.89. The first-order chi connectivity index (χ1) is 9.16. The first-order valence-corrected chi connectivity index (χ1v) is 6.60. The smallest absolute Gasteiger partial charge is 0.343 e. The molecule has 98 valence electrons. The molecule has 1 aromatic carbocycles. The number of aromatic hydroxyl groups is 1. The van der Waals surface area contributed by atoms with Gasteiger partial charge in [-0.15, -0.1) is 0 Å². The standard InChI is InChI=1S/C16H16O3/c1-10-7-8-13-12(9-10)15(17)14(16(18)19-13)11-5-3-2-4-6-11/h3,5,7-9,11,17H,2,4,6H2,1H3. The molecular weight excluding hydrogens is 240 g/mol. The van der Waals surface area contributed by atoms with E-state index in [1.165, 1.54) is 0 Å². The molecule has 0 spiro atoms. The van der Waals surface area contributed by atoms with Crippen LogP contribution in [0.3, 0.4) is 0 Å². The van der Waals surface area contributed by atoms with Crippen molar-refractivity contribution in [2.75, 3.05) is 0 Å². The fourth-order valence-electron chi connectivity index (χ4n) is 2.69. The van der Waals surface area contributed by atoms with Crippen LogP contribution in [0.1, 0.15) is 36.3 Å². The third-order valence-electron chi connectivity index (χ3n) is 3.69. The summed E-state index contributed by atoms with van der Waals surface area (Å²) in [6.07, 6.45) is 7.01. The van der Waals surface area contributed by atoms with Gasteiger partial charge in [-0.25, -0.2) is 4.79 Å². The Labute approximate surface area is 111 Å². The summed E-state index contributed by atoms with van der Waals surface area (Å²) in [6.45, 7) is 1.95. The lowest BCUT2D eigenvalue weighted by Gasteiger charge is -2.17. The monoisotopic (exact) mass is 256 g/mol. The van der Waals surface area contributed by atoms with Gasteiger partial charge in [0, 0.05) is 5.92 Å². The lowest BCUT2D eigenvalue weighted by molar-refractivity contribution is 0.447. The Morgan fingerprint density at radius 2 is 2.21 bits per heavy atom. The first-order valence-electron chi connectivity index (χ1n) is 6.60. The molecule has 0 fully saturated rings. The van der Waals surface area contributed by atoms with Gasteiger partial charge in [0.15, 0.2) is 0 Å². The summed E-state index contributed by atoms with van der Waals surface area (Å²) in [4.78, 5) is 12.1. The maximum Gasteiger partial charge on any atom is 0.343 e. The third-order valence-corrected chi connectivity index (χ3v) is 3.69. The zero-order chi connectivity index (χ0) is 13.4. The molecule has 3 rings (SSSR count). The van der Waals surface area contributed by atoms with Crippen molar-refractivity contribution in [2.24, 2.45) is 0 Å². The second-order valence-corrected chi connectivity index (χ2v) is 5.12. The van der Waals surface area contributed by atoms with Crippen LogP contribution in [-0.4, -0.2) is 5.11 Å². The van der Waals surface area contributed by atoms with Crippen molar-refractivity contribution in [1.29, 1.82) is 0 Å². The van der Waals surface area contributed by atoms with Crippen LogP contribution in [0.4, 0.5) is 0 Å². The second kappa shape index (κ2) is 4.57. The van der Waals surface area contributed by atoms with E-state index < -0.39 is 5.63 Å². The maximum absolute atomic E-state index is 12.1. The van der Waals surface area contributed by atoms with Crippen LogP contribution in [0.5, 0.6) is 5.75 Å². The predicted octanol–water partition coefficient (Wildman–Crippen LogP) is 3.63.